The summed E-state index contributed by atoms with van der Waals surface area (Å²) in [6.07, 6.45) is 0. The van der Waals surface area contributed by atoms with E-state index >= 15 is 0 Å². The molecule has 0 saturated carbocycles. The number of benzene rings is 5. The Bertz CT molecular complexity index is 1600. The van der Waals surface area contributed by atoms with Gasteiger partial charge in [0.15, 0.2) is 5.75 Å². The summed E-state index contributed by atoms with van der Waals surface area (Å²) in [5.74, 6) is -1.54. The van der Waals surface area contributed by atoms with Gasteiger partial charge in [0.25, 0.3) is 5.91 Å². The number of nitrogens with zero attached hydrogens (tertiary/aromatic N) is 1. The first-order chi connectivity index (χ1) is 17.5. The number of hydrogen-bond acceptors (Lipinski definition) is 5. The second-order valence-electron chi connectivity index (χ2n) is 8.22. The molecule has 5 aromatic carbocycles. The number of carbonyl (C=O) groups is 2. The number of amides is 1. The van der Waals surface area contributed by atoms with E-state index in [4.69, 9.17) is 10.6 Å². The van der Waals surface area contributed by atoms with E-state index in [9.17, 15) is 14.7 Å². The van der Waals surface area contributed by atoms with Crippen LogP contribution in [-0.4, -0.2) is 23.5 Å². The number of nitrogens with one attached hydrogen (secondary N) is 1. The van der Waals surface area contributed by atoms with Crippen LogP contribution in [0.15, 0.2) is 103 Å². The lowest BCUT2D eigenvalue weighted by Crippen LogP contribution is -2.38. The third-order valence-electron chi connectivity index (χ3n) is 5.88. The van der Waals surface area contributed by atoms with Gasteiger partial charge in [0, 0.05) is 5.39 Å². The summed E-state index contributed by atoms with van der Waals surface area (Å²) in [4.78, 5) is 31.2. The van der Waals surface area contributed by atoms with E-state index in [0.29, 0.717) is 17.1 Å². The van der Waals surface area contributed by atoms with Crippen LogP contribution in [0, 0.1) is 0 Å². The zero-order valence-electron chi connectivity index (χ0n) is 19.2. The minimum Gasteiger partial charge on any atom is -0.478 e. The Morgan fingerprint density at radius 2 is 1.47 bits per heavy atom. The standard InChI is InChI=1S/C29H23N3O4/c30-25-16-14-20-8-3-4-10-23(20)28(25)31-18-27(33)32(36-26-12-6-5-11-24(26)29(34)35)22-15-13-19-7-1-2-9-21(19)17-22/h1-17,31H,18,30H2,(H,34,35). The number of aromatic carboxylic acids is 1. The summed E-state index contributed by atoms with van der Waals surface area (Å²) < 4.78 is 0. The summed E-state index contributed by atoms with van der Waals surface area (Å²) in [5, 5.41) is 17.7. The first kappa shape index (κ1) is 22.7. The molecule has 0 saturated heterocycles. The molecule has 36 heavy (non-hydrogen) atoms. The van der Waals surface area contributed by atoms with Gasteiger partial charge in [0.2, 0.25) is 0 Å². The molecular formula is C29H23N3O4. The van der Waals surface area contributed by atoms with Crippen molar-refractivity contribution in [1.29, 1.82) is 0 Å². The van der Waals surface area contributed by atoms with Crippen molar-refractivity contribution in [2.45, 2.75) is 0 Å². The molecule has 7 heteroatoms. The van der Waals surface area contributed by atoms with Crippen LogP contribution in [-0.2, 0) is 4.79 Å². The van der Waals surface area contributed by atoms with Gasteiger partial charge in [-0.05, 0) is 46.5 Å². The van der Waals surface area contributed by atoms with Crippen LogP contribution in [0.5, 0.6) is 5.75 Å². The Morgan fingerprint density at radius 1 is 0.806 bits per heavy atom. The maximum absolute atomic E-state index is 13.5. The lowest BCUT2D eigenvalue weighted by atomic mass is 10.1. The van der Waals surface area contributed by atoms with E-state index in [-0.39, 0.29) is 17.9 Å². The highest BCUT2D eigenvalue weighted by molar-refractivity contribution is 6.03. The predicted octanol–water partition coefficient (Wildman–Crippen LogP) is 5.71. The fraction of sp³-hybridized carbons (Fsp3) is 0.0345. The summed E-state index contributed by atoms with van der Waals surface area (Å²) >= 11 is 0. The van der Waals surface area contributed by atoms with Crippen molar-refractivity contribution in [3.63, 3.8) is 0 Å². The Labute approximate surface area is 207 Å². The summed E-state index contributed by atoms with van der Waals surface area (Å²) in [5.41, 5.74) is 7.78. The summed E-state index contributed by atoms with van der Waals surface area (Å²) in [7, 11) is 0. The molecule has 7 nitrogen and oxygen atoms in total. The molecule has 0 aromatic heterocycles. The predicted molar refractivity (Wildman–Crippen MR) is 142 cm³/mol. The molecule has 5 rings (SSSR count). The molecule has 4 N–H and O–H groups in total. The number of nitrogens with two attached hydrogens (primary N) is 1. The molecule has 0 aliphatic carbocycles. The quantitative estimate of drug-likeness (QED) is 0.205. The molecule has 0 aliphatic rings. The third kappa shape index (κ3) is 4.50. The Morgan fingerprint density at radius 3 is 2.28 bits per heavy atom. The normalized spacial score (nSPS) is 10.8. The van der Waals surface area contributed by atoms with E-state index in [1.165, 1.54) is 12.1 Å². The van der Waals surface area contributed by atoms with Crippen molar-refractivity contribution in [2.75, 3.05) is 22.7 Å². The number of nitrogen functional groups attached to an aromatic ring is 1. The molecule has 0 fully saturated rings. The highest BCUT2D eigenvalue weighted by Gasteiger charge is 2.22. The lowest BCUT2D eigenvalue weighted by molar-refractivity contribution is -0.121. The van der Waals surface area contributed by atoms with Crippen molar-refractivity contribution in [2.24, 2.45) is 0 Å². The average molecular weight is 478 g/mol. The zero-order chi connectivity index (χ0) is 25.1. The van der Waals surface area contributed by atoms with Crippen LogP contribution >= 0.6 is 0 Å². The van der Waals surface area contributed by atoms with Crippen LogP contribution in [0.2, 0.25) is 0 Å². The smallest absolute Gasteiger partial charge is 0.339 e. The second kappa shape index (κ2) is 9.68. The number of carboxylic acids is 1. The molecule has 0 heterocycles. The van der Waals surface area contributed by atoms with E-state index in [1.807, 2.05) is 66.7 Å². The van der Waals surface area contributed by atoms with E-state index in [2.05, 4.69) is 5.32 Å². The molecule has 0 aliphatic heterocycles. The van der Waals surface area contributed by atoms with Crippen molar-refractivity contribution >= 4 is 50.5 Å². The number of carbonyl (C=O) groups excluding carboxylic acids is 1. The van der Waals surface area contributed by atoms with Gasteiger partial charge < -0.3 is 21.0 Å². The van der Waals surface area contributed by atoms with Crippen LogP contribution in [0.25, 0.3) is 21.5 Å². The SMILES string of the molecule is Nc1ccc2ccccc2c1NCC(=O)N(Oc1ccccc1C(=O)O)c1ccc2ccccc2c1. The Kier molecular flexibility index (Phi) is 6.11. The average Bonchev–Trinajstić information content (AvgIpc) is 2.91. The highest BCUT2D eigenvalue weighted by atomic mass is 16.7. The highest BCUT2D eigenvalue weighted by Crippen LogP contribution is 2.30. The zero-order valence-corrected chi connectivity index (χ0v) is 19.2. The van der Waals surface area contributed by atoms with Gasteiger partial charge in [-0.1, -0.05) is 72.8 Å². The van der Waals surface area contributed by atoms with Crippen LogP contribution in [0.1, 0.15) is 10.4 Å². The first-order valence-corrected chi connectivity index (χ1v) is 11.3. The Balaban J connectivity index is 1.50. The molecule has 178 valence electrons. The molecule has 0 unspecified atom stereocenters. The summed E-state index contributed by atoms with van der Waals surface area (Å²) in [6.45, 7) is -0.139. The largest absolute Gasteiger partial charge is 0.478 e. The van der Waals surface area contributed by atoms with E-state index in [1.54, 1.807) is 24.3 Å². The lowest BCUT2D eigenvalue weighted by Gasteiger charge is -2.24. The third-order valence-corrected chi connectivity index (χ3v) is 5.88. The summed E-state index contributed by atoms with van der Waals surface area (Å²) in [6, 6.07) is 30.8. The van der Waals surface area contributed by atoms with Gasteiger partial charge in [0.1, 0.15) is 5.56 Å². The molecule has 1 amide bonds. The first-order valence-electron chi connectivity index (χ1n) is 11.3. The second-order valence-corrected chi connectivity index (χ2v) is 8.22. The van der Waals surface area contributed by atoms with Gasteiger partial charge in [-0.15, -0.1) is 5.06 Å². The van der Waals surface area contributed by atoms with Crippen LogP contribution in [0.4, 0.5) is 17.1 Å². The van der Waals surface area contributed by atoms with Crippen molar-refractivity contribution in [3.05, 3.63) is 109 Å². The minimum absolute atomic E-state index is 0.0520. The van der Waals surface area contributed by atoms with Gasteiger partial charge in [0.05, 0.1) is 23.6 Å². The number of rotatable bonds is 7. The van der Waals surface area contributed by atoms with E-state index in [0.717, 1.165) is 26.6 Å². The molecule has 0 atom stereocenters. The number of anilines is 3. The fourth-order valence-electron chi connectivity index (χ4n) is 4.09. The Hall–Kier alpha value is -5.04. The van der Waals surface area contributed by atoms with Gasteiger partial charge in [-0.3, -0.25) is 4.79 Å². The van der Waals surface area contributed by atoms with Crippen molar-refractivity contribution in [3.8, 4) is 5.75 Å². The number of fused-ring (bicyclic) bond motifs is 2. The molecule has 0 radical (unpaired) electrons. The van der Waals surface area contributed by atoms with Gasteiger partial charge in [-0.2, -0.15) is 0 Å². The molecule has 0 bridgehead atoms. The minimum atomic E-state index is -1.15. The number of hydroxylamine groups is 1. The molecule has 0 spiro atoms. The van der Waals surface area contributed by atoms with Gasteiger partial charge in [-0.25, -0.2) is 4.79 Å². The number of para-hydroxylation sites is 1. The fourth-order valence-corrected chi connectivity index (χ4v) is 4.09. The number of carboxylic acid groups (broad SMARTS) is 1. The number of hydrogen-bond donors (Lipinski definition) is 3. The van der Waals surface area contributed by atoms with Crippen LogP contribution in [0.3, 0.4) is 0 Å². The monoisotopic (exact) mass is 477 g/mol. The maximum atomic E-state index is 13.5. The van der Waals surface area contributed by atoms with Crippen molar-refractivity contribution < 1.29 is 19.5 Å². The molecule has 5 aromatic rings. The topological polar surface area (TPSA) is 105 Å². The van der Waals surface area contributed by atoms with E-state index < -0.39 is 11.9 Å². The van der Waals surface area contributed by atoms with Crippen molar-refractivity contribution in [1.82, 2.24) is 0 Å². The van der Waals surface area contributed by atoms with Crippen LogP contribution < -0.4 is 21.0 Å². The molecular weight excluding hydrogens is 454 g/mol. The maximum Gasteiger partial charge on any atom is 0.339 e. The van der Waals surface area contributed by atoms with Gasteiger partial charge >= 0.3 is 5.97 Å².